The van der Waals surface area contributed by atoms with Crippen molar-refractivity contribution in [2.24, 2.45) is 0 Å². The Balaban J connectivity index is 0.000000980. The summed E-state index contributed by atoms with van der Waals surface area (Å²) in [5.41, 5.74) is 8.26. The summed E-state index contributed by atoms with van der Waals surface area (Å²) < 4.78 is 0. The van der Waals surface area contributed by atoms with Gasteiger partial charge in [0.25, 0.3) is 0 Å². The maximum Gasteiger partial charge on any atom is 1.00 e. The number of nitrogens with zero attached hydrogens (tertiary/aromatic N) is 1. The summed E-state index contributed by atoms with van der Waals surface area (Å²) in [6.45, 7) is 0. The number of para-hydroxylation sites is 1. The van der Waals surface area contributed by atoms with Gasteiger partial charge >= 0.3 is 29.6 Å². The van der Waals surface area contributed by atoms with Crippen LogP contribution in [0.3, 0.4) is 0 Å². The van der Waals surface area contributed by atoms with Crippen LogP contribution in [0.25, 0.3) is 5.73 Å². The molecular formula is C9H7N2NaO2. The predicted octanol–water partition coefficient (Wildman–Crippen LogP) is -1.25. The number of nitrogens with one attached hydrogen (secondary N) is 1. The maximum atomic E-state index is 11.3. The third-order valence-electron chi connectivity index (χ3n) is 2.03. The van der Waals surface area contributed by atoms with Crippen molar-refractivity contribution in [2.45, 2.75) is 6.42 Å². The molecule has 0 atom stereocenters. The Labute approximate surface area is 103 Å². The van der Waals surface area contributed by atoms with Gasteiger partial charge in [-0.3, -0.25) is 9.59 Å². The molecule has 4 nitrogen and oxygen atoms in total. The summed E-state index contributed by atoms with van der Waals surface area (Å²) in [4.78, 5) is 22.9. The first-order valence-electron chi connectivity index (χ1n) is 3.86. The second-order valence-corrected chi connectivity index (χ2v) is 2.84. The van der Waals surface area contributed by atoms with Crippen LogP contribution in [-0.2, 0) is 11.2 Å². The monoisotopic (exact) mass is 198 g/mol. The third-order valence-corrected chi connectivity index (χ3v) is 2.03. The molecule has 1 heterocycles. The van der Waals surface area contributed by atoms with Crippen LogP contribution in [0.2, 0.25) is 0 Å². The normalized spacial score (nSPS) is 13.4. The number of hydrogen-bond acceptors (Lipinski definition) is 2. The molecule has 1 aromatic rings. The number of anilines is 1. The molecule has 5 heteroatoms. The number of fused-ring (bicyclic) bond motifs is 1. The van der Waals surface area contributed by atoms with Gasteiger partial charge in [-0.05, 0) is 11.3 Å². The van der Waals surface area contributed by atoms with Crippen LogP contribution in [0.1, 0.15) is 5.56 Å². The van der Waals surface area contributed by atoms with Crippen molar-refractivity contribution >= 4 is 17.6 Å². The van der Waals surface area contributed by atoms with Gasteiger partial charge in [0, 0.05) is 6.42 Å². The Kier molecular flexibility index (Phi) is 3.31. The van der Waals surface area contributed by atoms with Gasteiger partial charge in [-0.15, -0.1) is 0 Å². The molecule has 1 aromatic carbocycles. The Morgan fingerprint density at radius 1 is 1.36 bits per heavy atom. The average molecular weight is 198 g/mol. The van der Waals surface area contributed by atoms with Crippen LogP contribution in [-0.4, -0.2) is 11.9 Å². The molecule has 0 saturated heterocycles. The minimum atomic E-state index is -0.963. The van der Waals surface area contributed by atoms with E-state index in [1.165, 1.54) is 0 Å². The van der Waals surface area contributed by atoms with E-state index in [4.69, 9.17) is 5.73 Å². The molecule has 0 aromatic heterocycles. The van der Waals surface area contributed by atoms with Crippen LogP contribution in [0.4, 0.5) is 10.5 Å². The van der Waals surface area contributed by atoms with Gasteiger partial charge in [-0.25, -0.2) is 0 Å². The molecule has 1 aliphatic rings. The molecule has 2 rings (SSSR count). The molecule has 0 unspecified atom stereocenters. The van der Waals surface area contributed by atoms with Crippen molar-refractivity contribution in [3.8, 4) is 0 Å². The first kappa shape index (κ1) is 11.2. The summed E-state index contributed by atoms with van der Waals surface area (Å²) >= 11 is 0. The molecule has 0 fully saturated rings. The fraction of sp³-hybridized carbons (Fsp3) is 0.111. The summed E-state index contributed by atoms with van der Waals surface area (Å²) in [6, 6.07) is 6.05. The molecule has 14 heavy (non-hydrogen) atoms. The summed E-state index contributed by atoms with van der Waals surface area (Å²) in [5, 5.41) is 0. The van der Waals surface area contributed by atoms with Crippen molar-refractivity contribution in [3.63, 3.8) is 0 Å². The van der Waals surface area contributed by atoms with E-state index in [-0.39, 0.29) is 41.9 Å². The van der Waals surface area contributed by atoms with Gasteiger partial charge in [0.15, 0.2) is 11.9 Å². The molecule has 1 N–H and O–H groups in total. The van der Waals surface area contributed by atoms with Crippen molar-refractivity contribution in [1.29, 1.82) is 0 Å². The van der Waals surface area contributed by atoms with E-state index in [2.05, 4.69) is 0 Å². The van der Waals surface area contributed by atoms with Crippen molar-refractivity contribution in [1.82, 2.24) is 0 Å². The maximum absolute atomic E-state index is 11.3. The summed E-state index contributed by atoms with van der Waals surface area (Å²) in [6.07, 6.45) is 0.223. The number of benzene rings is 1. The van der Waals surface area contributed by atoms with E-state index in [0.717, 1.165) is 10.5 Å². The zero-order valence-corrected chi connectivity index (χ0v) is 9.78. The van der Waals surface area contributed by atoms with E-state index in [1.54, 1.807) is 18.2 Å². The Hall–Kier alpha value is -0.840. The smallest absolute Gasteiger partial charge is 0.447 e. The molecule has 0 spiro atoms. The number of carbonyl (C=O) groups excluding carboxylic acids is 2. The Morgan fingerprint density at radius 3 is 2.64 bits per heavy atom. The standard InChI is InChI=1S/C9H8N2O2.Na/c10-9(13)11-7-4-2-1-3-6(7)5-8(11)12;/h1-4H,5H2,(H2,10,13);/q;+1/p-1. The number of rotatable bonds is 0. The molecule has 0 aliphatic carbocycles. The third kappa shape index (κ3) is 1.68. The number of amides is 3. The van der Waals surface area contributed by atoms with Crippen LogP contribution < -0.4 is 34.5 Å². The Bertz CT molecular complexity index is 392. The van der Waals surface area contributed by atoms with Crippen molar-refractivity contribution in [2.75, 3.05) is 4.90 Å². The van der Waals surface area contributed by atoms with Gasteiger partial charge in [-0.2, -0.15) is 0 Å². The van der Waals surface area contributed by atoms with E-state index < -0.39 is 6.03 Å². The zero-order chi connectivity index (χ0) is 9.42. The molecule has 0 radical (unpaired) electrons. The number of urea groups is 1. The number of imide groups is 1. The van der Waals surface area contributed by atoms with Crippen LogP contribution in [0.15, 0.2) is 24.3 Å². The molecule has 0 bridgehead atoms. The topological polar surface area (TPSA) is 61.2 Å². The minimum absolute atomic E-state index is 0. The number of carbonyl (C=O) groups is 2. The zero-order valence-electron chi connectivity index (χ0n) is 7.78. The van der Waals surface area contributed by atoms with Gasteiger partial charge in [-0.1, -0.05) is 24.3 Å². The van der Waals surface area contributed by atoms with Crippen molar-refractivity contribution < 1.29 is 39.1 Å². The molecule has 1 aliphatic heterocycles. The first-order valence-corrected chi connectivity index (χ1v) is 3.86. The van der Waals surface area contributed by atoms with E-state index >= 15 is 0 Å². The molecule has 3 amide bonds. The van der Waals surface area contributed by atoms with Crippen LogP contribution >= 0.6 is 0 Å². The quantitative estimate of drug-likeness (QED) is 0.489. The summed E-state index contributed by atoms with van der Waals surface area (Å²) in [7, 11) is 0. The van der Waals surface area contributed by atoms with Gasteiger partial charge in [0.2, 0.25) is 0 Å². The van der Waals surface area contributed by atoms with E-state index in [9.17, 15) is 9.59 Å². The van der Waals surface area contributed by atoms with Crippen LogP contribution in [0, 0.1) is 0 Å². The van der Waals surface area contributed by atoms with Gasteiger partial charge < -0.3 is 10.6 Å². The largest absolute Gasteiger partial charge is 1.00 e. The second-order valence-electron chi connectivity index (χ2n) is 2.84. The predicted molar refractivity (Wildman–Crippen MR) is 47.3 cm³/mol. The SMILES string of the molecule is [NH-]C(=O)N1C(=O)Cc2ccccc21.[Na+]. The van der Waals surface area contributed by atoms with E-state index in [0.29, 0.717) is 5.69 Å². The molecular weight excluding hydrogens is 191 g/mol. The van der Waals surface area contributed by atoms with E-state index in [1.807, 2.05) is 6.07 Å². The van der Waals surface area contributed by atoms with Gasteiger partial charge in [0.05, 0.1) is 0 Å². The summed E-state index contributed by atoms with van der Waals surface area (Å²) in [5.74, 6) is -0.318. The fourth-order valence-electron chi connectivity index (χ4n) is 1.48. The fourth-order valence-corrected chi connectivity index (χ4v) is 1.48. The van der Waals surface area contributed by atoms with Gasteiger partial charge in [0.1, 0.15) is 0 Å². The first-order chi connectivity index (χ1) is 6.20. The average Bonchev–Trinajstić information content (AvgIpc) is 2.39. The number of hydrogen-bond donors (Lipinski definition) is 0. The minimum Gasteiger partial charge on any atom is -0.447 e. The van der Waals surface area contributed by atoms with Crippen molar-refractivity contribution in [3.05, 3.63) is 35.6 Å². The molecule has 0 saturated carbocycles. The Morgan fingerprint density at radius 2 is 2.00 bits per heavy atom. The second kappa shape index (κ2) is 4.13. The van der Waals surface area contributed by atoms with Crippen LogP contribution in [0.5, 0.6) is 0 Å². The molecule has 66 valence electrons.